The minimum Gasteiger partial charge on any atom is -0.482 e. The molecular formula is C12H15NO3. The number of benzene rings is 1. The van der Waals surface area contributed by atoms with Crippen molar-refractivity contribution in [3.05, 3.63) is 23.8 Å². The number of nitrogens with zero attached hydrogens (tertiary/aromatic N) is 1. The van der Waals surface area contributed by atoms with Gasteiger partial charge >= 0.3 is 0 Å². The quantitative estimate of drug-likeness (QED) is 0.819. The van der Waals surface area contributed by atoms with Crippen LogP contribution in [0.3, 0.4) is 0 Å². The Morgan fingerprint density at radius 3 is 2.88 bits per heavy atom. The minimum absolute atomic E-state index is 0.0216. The Kier molecular flexibility index (Phi) is 2.83. The number of carbonyl (C=O) groups is 1. The van der Waals surface area contributed by atoms with E-state index in [1.807, 2.05) is 19.9 Å². The second-order valence-corrected chi connectivity index (χ2v) is 4.11. The third-order valence-corrected chi connectivity index (χ3v) is 2.60. The fraction of sp³-hybridized carbons (Fsp3) is 0.417. The van der Waals surface area contributed by atoms with Crippen LogP contribution in [0.25, 0.3) is 0 Å². The number of ether oxygens (including phenoxy) is 1. The monoisotopic (exact) mass is 221 g/mol. The second-order valence-electron chi connectivity index (χ2n) is 4.11. The van der Waals surface area contributed by atoms with Gasteiger partial charge in [0.15, 0.2) is 6.61 Å². The number of hydrogen-bond acceptors (Lipinski definition) is 3. The zero-order valence-corrected chi connectivity index (χ0v) is 9.43. The first-order valence-electron chi connectivity index (χ1n) is 5.32. The van der Waals surface area contributed by atoms with E-state index in [1.165, 1.54) is 0 Å². The smallest absolute Gasteiger partial charge is 0.265 e. The summed E-state index contributed by atoms with van der Waals surface area (Å²) in [6.07, 6.45) is 0. The molecule has 1 aliphatic heterocycles. The summed E-state index contributed by atoms with van der Waals surface area (Å²) < 4.78 is 5.36. The maximum absolute atomic E-state index is 11.7. The lowest BCUT2D eigenvalue weighted by Gasteiger charge is -2.32. The maximum Gasteiger partial charge on any atom is 0.265 e. The number of fused-ring (bicyclic) bond motifs is 1. The van der Waals surface area contributed by atoms with Crippen LogP contribution in [0.4, 0.5) is 5.69 Å². The molecule has 16 heavy (non-hydrogen) atoms. The number of aliphatic hydroxyl groups excluding tert-OH is 1. The average molecular weight is 221 g/mol. The molecule has 0 saturated carbocycles. The summed E-state index contributed by atoms with van der Waals surface area (Å²) in [7, 11) is 0. The van der Waals surface area contributed by atoms with Gasteiger partial charge in [-0.3, -0.25) is 4.79 Å². The molecule has 0 spiro atoms. The number of aliphatic hydroxyl groups is 1. The number of amides is 1. The molecule has 4 heteroatoms. The highest BCUT2D eigenvalue weighted by molar-refractivity contribution is 5.98. The van der Waals surface area contributed by atoms with Gasteiger partial charge < -0.3 is 14.7 Å². The van der Waals surface area contributed by atoms with Gasteiger partial charge in [-0.05, 0) is 31.5 Å². The Bertz CT molecular complexity index is 415. The highest BCUT2D eigenvalue weighted by Crippen LogP contribution is 2.34. The van der Waals surface area contributed by atoms with Crippen LogP contribution < -0.4 is 9.64 Å². The topological polar surface area (TPSA) is 49.8 Å². The van der Waals surface area contributed by atoms with Crippen molar-refractivity contribution in [1.29, 1.82) is 0 Å². The van der Waals surface area contributed by atoms with Crippen LogP contribution in [0.2, 0.25) is 0 Å². The summed E-state index contributed by atoms with van der Waals surface area (Å²) in [6.45, 7) is 3.98. The molecule has 1 aliphatic rings. The third kappa shape index (κ3) is 1.76. The number of rotatable bonds is 2. The third-order valence-electron chi connectivity index (χ3n) is 2.60. The minimum atomic E-state index is -0.0285. The molecule has 1 heterocycles. The Hall–Kier alpha value is -1.55. The molecule has 0 bridgehead atoms. The summed E-state index contributed by atoms with van der Waals surface area (Å²) in [5.74, 6) is 0.638. The molecule has 1 aromatic rings. The van der Waals surface area contributed by atoms with Crippen LogP contribution in [0, 0.1) is 0 Å². The largest absolute Gasteiger partial charge is 0.482 e. The Labute approximate surface area is 94.4 Å². The van der Waals surface area contributed by atoms with Crippen molar-refractivity contribution in [1.82, 2.24) is 0 Å². The van der Waals surface area contributed by atoms with E-state index in [2.05, 4.69) is 0 Å². The molecule has 2 rings (SSSR count). The van der Waals surface area contributed by atoms with E-state index in [9.17, 15) is 4.79 Å². The Balaban J connectivity index is 2.44. The maximum atomic E-state index is 11.7. The van der Waals surface area contributed by atoms with Crippen LogP contribution in [0.15, 0.2) is 18.2 Å². The van der Waals surface area contributed by atoms with E-state index in [1.54, 1.807) is 17.0 Å². The first kappa shape index (κ1) is 11.0. The molecule has 0 atom stereocenters. The van der Waals surface area contributed by atoms with Crippen LogP contribution in [-0.4, -0.2) is 23.7 Å². The van der Waals surface area contributed by atoms with Gasteiger partial charge in [0.1, 0.15) is 5.75 Å². The fourth-order valence-corrected chi connectivity index (χ4v) is 1.88. The van der Waals surface area contributed by atoms with Gasteiger partial charge in [0.05, 0.1) is 12.3 Å². The van der Waals surface area contributed by atoms with E-state index in [0.717, 1.165) is 11.3 Å². The number of carbonyl (C=O) groups excluding carboxylic acids is 1. The molecule has 1 N–H and O–H groups in total. The van der Waals surface area contributed by atoms with Gasteiger partial charge in [-0.25, -0.2) is 0 Å². The lowest BCUT2D eigenvalue weighted by Crippen LogP contribution is -2.43. The molecule has 0 unspecified atom stereocenters. The molecule has 0 aliphatic carbocycles. The van der Waals surface area contributed by atoms with Crippen LogP contribution in [0.1, 0.15) is 19.4 Å². The van der Waals surface area contributed by atoms with E-state index in [4.69, 9.17) is 9.84 Å². The lowest BCUT2D eigenvalue weighted by molar-refractivity contribution is -0.121. The van der Waals surface area contributed by atoms with E-state index < -0.39 is 0 Å². The predicted octanol–water partition coefficient (Wildman–Crippen LogP) is 1.31. The highest BCUT2D eigenvalue weighted by Gasteiger charge is 2.27. The van der Waals surface area contributed by atoms with Gasteiger partial charge in [-0.15, -0.1) is 0 Å². The van der Waals surface area contributed by atoms with Gasteiger partial charge in [0.2, 0.25) is 0 Å². The van der Waals surface area contributed by atoms with Crippen LogP contribution >= 0.6 is 0 Å². The summed E-state index contributed by atoms with van der Waals surface area (Å²) in [5, 5.41) is 9.03. The van der Waals surface area contributed by atoms with Crippen molar-refractivity contribution in [3.8, 4) is 5.75 Å². The van der Waals surface area contributed by atoms with Crippen molar-refractivity contribution < 1.29 is 14.6 Å². The molecule has 0 aromatic heterocycles. The number of hydrogen-bond donors (Lipinski definition) is 1. The van der Waals surface area contributed by atoms with Gasteiger partial charge in [-0.2, -0.15) is 0 Å². The molecule has 86 valence electrons. The summed E-state index contributed by atoms with van der Waals surface area (Å²) in [4.78, 5) is 13.4. The van der Waals surface area contributed by atoms with Crippen molar-refractivity contribution in [2.24, 2.45) is 0 Å². The van der Waals surface area contributed by atoms with Gasteiger partial charge in [0, 0.05) is 6.04 Å². The average Bonchev–Trinajstić information content (AvgIpc) is 2.27. The molecule has 0 saturated heterocycles. The summed E-state index contributed by atoms with van der Waals surface area (Å²) >= 11 is 0. The van der Waals surface area contributed by atoms with E-state index in [-0.39, 0.29) is 25.2 Å². The zero-order valence-electron chi connectivity index (χ0n) is 9.43. The zero-order chi connectivity index (χ0) is 11.7. The second kappa shape index (κ2) is 4.14. The van der Waals surface area contributed by atoms with E-state index in [0.29, 0.717) is 5.75 Å². The molecule has 0 radical (unpaired) electrons. The molecule has 1 amide bonds. The molecule has 0 fully saturated rings. The first-order chi connectivity index (χ1) is 7.63. The lowest BCUT2D eigenvalue weighted by atomic mass is 10.1. The fourth-order valence-electron chi connectivity index (χ4n) is 1.88. The normalized spacial score (nSPS) is 15.0. The van der Waals surface area contributed by atoms with Gasteiger partial charge in [-0.1, -0.05) is 6.07 Å². The predicted molar refractivity (Wildman–Crippen MR) is 60.5 cm³/mol. The number of anilines is 1. The van der Waals surface area contributed by atoms with Crippen molar-refractivity contribution in [3.63, 3.8) is 0 Å². The standard InChI is InChI=1S/C12H15NO3/c1-8(2)13-10-4-3-9(6-14)5-11(10)16-7-12(13)15/h3-5,8,14H,6-7H2,1-2H3. The van der Waals surface area contributed by atoms with Crippen molar-refractivity contribution in [2.75, 3.05) is 11.5 Å². The Morgan fingerprint density at radius 2 is 2.25 bits per heavy atom. The van der Waals surface area contributed by atoms with Crippen LogP contribution in [-0.2, 0) is 11.4 Å². The summed E-state index contributed by atoms with van der Waals surface area (Å²) in [5.41, 5.74) is 1.57. The van der Waals surface area contributed by atoms with E-state index >= 15 is 0 Å². The van der Waals surface area contributed by atoms with Crippen molar-refractivity contribution in [2.45, 2.75) is 26.5 Å². The highest BCUT2D eigenvalue weighted by atomic mass is 16.5. The van der Waals surface area contributed by atoms with Crippen molar-refractivity contribution >= 4 is 11.6 Å². The molecule has 1 aromatic carbocycles. The molecular weight excluding hydrogens is 206 g/mol. The Morgan fingerprint density at radius 1 is 1.50 bits per heavy atom. The summed E-state index contributed by atoms with van der Waals surface area (Å²) in [6, 6.07) is 5.50. The SMILES string of the molecule is CC(C)N1C(=O)COc2cc(CO)ccc21. The molecule has 4 nitrogen and oxygen atoms in total. The first-order valence-corrected chi connectivity index (χ1v) is 5.32. The van der Waals surface area contributed by atoms with Crippen LogP contribution in [0.5, 0.6) is 5.75 Å². The van der Waals surface area contributed by atoms with Gasteiger partial charge in [0.25, 0.3) is 5.91 Å².